The van der Waals surface area contributed by atoms with Crippen molar-refractivity contribution >= 4 is 17.8 Å². The van der Waals surface area contributed by atoms with E-state index in [9.17, 15) is 14.4 Å². The molecular formula is C17H23N3O3. The predicted molar refractivity (Wildman–Crippen MR) is 86.6 cm³/mol. The summed E-state index contributed by atoms with van der Waals surface area (Å²) >= 11 is 0. The van der Waals surface area contributed by atoms with Crippen LogP contribution in [0.1, 0.15) is 25.8 Å². The van der Waals surface area contributed by atoms with Crippen molar-refractivity contribution in [2.75, 3.05) is 13.1 Å². The van der Waals surface area contributed by atoms with Crippen molar-refractivity contribution in [1.29, 1.82) is 0 Å². The van der Waals surface area contributed by atoms with Crippen LogP contribution in [0.15, 0.2) is 30.3 Å². The maximum atomic E-state index is 12.3. The summed E-state index contributed by atoms with van der Waals surface area (Å²) in [7, 11) is 0. The van der Waals surface area contributed by atoms with Gasteiger partial charge in [0.05, 0.1) is 0 Å². The lowest BCUT2D eigenvalue weighted by Gasteiger charge is -2.14. The molecule has 0 bridgehead atoms. The van der Waals surface area contributed by atoms with Gasteiger partial charge in [-0.2, -0.15) is 0 Å². The molecule has 124 valence electrons. The molecule has 0 spiro atoms. The highest BCUT2D eigenvalue weighted by molar-refractivity contribution is 6.06. The van der Waals surface area contributed by atoms with Gasteiger partial charge in [0.2, 0.25) is 5.91 Å². The van der Waals surface area contributed by atoms with Gasteiger partial charge < -0.3 is 10.6 Å². The Labute approximate surface area is 136 Å². The summed E-state index contributed by atoms with van der Waals surface area (Å²) in [6.07, 6.45) is 1.23. The number of nitrogens with one attached hydrogen (secondary N) is 2. The van der Waals surface area contributed by atoms with Crippen molar-refractivity contribution < 1.29 is 14.4 Å². The second-order valence-electron chi connectivity index (χ2n) is 6.15. The van der Waals surface area contributed by atoms with E-state index in [0.29, 0.717) is 25.3 Å². The number of amides is 4. The van der Waals surface area contributed by atoms with Gasteiger partial charge in [-0.1, -0.05) is 44.2 Å². The van der Waals surface area contributed by atoms with Crippen LogP contribution >= 0.6 is 0 Å². The largest absolute Gasteiger partial charge is 0.354 e. The molecule has 1 aliphatic heterocycles. The maximum absolute atomic E-state index is 12.3. The van der Waals surface area contributed by atoms with Crippen LogP contribution in [0.2, 0.25) is 0 Å². The molecule has 6 heteroatoms. The second kappa shape index (κ2) is 7.76. The van der Waals surface area contributed by atoms with E-state index in [2.05, 4.69) is 10.6 Å². The summed E-state index contributed by atoms with van der Waals surface area (Å²) in [6.45, 7) is 4.26. The molecule has 4 amide bonds. The molecule has 1 aromatic rings. The predicted octanol–water partition coefficient (Wildman–Crippen LogP) is 1.31. The van der Waals surface area contributed by atoms with E-state index in [1.165, 1.54) is 0 Å². The monoisotopic (exact) mass is 317 g/mol. The number of nitrogens with zero attached hydrogens (tertiary/aromatic N) is 1. The molecular weight excluding hydrogens is 294 g/mol. The lowest BCUT2D eigenvalue weighted by atomic mass is 10.1. The molecule has 6 nitrogen and oxygen atoms in total. The highest BCUT2D eigenvalue weighted by Crippen LogP contribution is 2.12. The van der Waals surface area contributed by atoms with Gasteiger partial charge in [-0.05, 0) is 24.3 Å². The number of aryl methyl sites for hydroxylation is 1. The quantitative estimate of drug-likeness (QED) is 0.744. The van der Waals surface area contributed by atoms with Gasteiger partial charge in [-0.15, -0.1) is 0 Å². The van der Waals surface area contributed by atoms with Crippen LogP contribution in [0, 0.1) is 5.92 Å². The third-order valence-electron chi connectivity index (χ3n) is 3.68. The average Bonchev–Trinajstić information content (AvgIpc) is 2.79. The normalized spacial score (nSPS) is 17.5. The Balaban J connectivity index is 1.85. The summed E-state index contributed by atoms with van der Waals surface area (Å²) in [5.41, 5.74) is 1.11. The summed E-state index contributed by atoms with van der Waals surface area (Å²) in [4.78, 5) is 37.0. The first-order valence-corrected chi connectivity index (χ1v) is 7.90. The smallest absolute Gasteiger partial charge is 0.325 e. The Morgan fingerprint density at radius 1 is 1.26 bits per heavy atom. The van der Waals surface area contributed by atoms with Crippen molar-refractivity contribution in [3.8, 4) is 0 Å². The third kappa shape index (κ3) is 4.81. The van der Waals surface area contributed by atoms with Gasteiger partial charge in [-0.3, -0.25) is 14.5 Å². The minimum Gasteiger partial charge on any atom is -0.354 e. The fraction of sp³-hybridized carbons (Fsp3) is 0.471. The van der Waals surface area contributed by atoms with Gasteiger partial charge in [0.15, 0.2) is 0 Å². The first-order chi connectivity index (χ1) is 11.0. The van der Waals surface area contributed by atoms with Gasteiger partial charge in [0.25, 0.3) is 5.91 Å². The van der Waals surface area contributed by atoms with E-state index in [0.717, 1.165) is 10.5 Å². The van der Waals surface area contributed by atoms with Crippen LogP contribution in [0.25, 0.3) is 0 Å². The average molecular weight is 317 g/mol. The summed E-state index contributed by atoms with van der Waals surface area (Å²) in [6, 6.07) is 8.74. The number of imide groups is 1. The molecule has 23 heavy (non-hydrogen) atoms. The molecule has 1 unspecified atom stereocenters. The molecule has 0 radical (unpaired) electrons. The van der Waals surface area contributed by atoms with E-state index in [4.69, 9.17) is 0 Å². The van der Waals surface area contributed by atoms with Crippen LogP contribution in [-0.4, -0.2) is 41.9 Å². The van der Waals surface area contributed by atoms with Gasteiger partial charge in [0, 0.05) is 6.54 Å². The Morgan fingerprint density at radius 2 is 1.96 bits per heavy atom. The van der Waals surface area contributed by atoms with Crippen LogP contribution in [0.5, 0.6) is 0 Å². The molecule has 1 aliphatic rings. The Morgan fingerprint density at radius 3 is 2.61 bits per heavy atom. The second-order valence-corrected chi connectivity index (χ2v) is 6.15. The Kier molecular flexibility index (Phi) is 5.73. The zero-order chi connectivity index (χ0) is 16.8. The van der Waals surface area contributed by atoms with E-state index < -0.39 is 12.1 Å². The Bertz CT molecular complexity index is 572. The molecule has 1 heterocycles. The van der Waals surface area contributed by atoms with Crippen LogP contribution in [0.4, 0.5) is 4.79 Å². The molecule has 0 aliphatic carbocycles. The van der Waals surface area contributed by atoms with E-state index in [1.807, 2.05) is 44.2 Å². The fourth-order valence-electron chi connectivity index (χ4n) is 2.40. The summed E-state index contributed by atoms with van der Waals surface area (Å²) in [5, 5.41) is 5.36. The molecule has 2 rings (SSSR count). The zero-order valence-corrected chi connectivity index (χ0v) is 13.5. The molecule has 0 saturated carbocycles. The van der Waals surface area contributed by atoms with Crippen molar-refractivity contribution in [3.05, 3.63) is 35.9 Å². The maximum Gasteiger partial charge on any atom is 0.325 e. The standard InChI is InChI=1S/C17H23N3O3/c1-12(2)10-18-15(21)11-20-16(22)14(19-17(20)23)9-8-13-6-4-3-5-7-13/h3-7,12,14H,8-11H2,1-2H3,(H,18,21)(H,19,23). The summed E-state index contributed by atoms with van der Waals surface area (Å²) < 4.78 is 0. The SMILES string of the molecule is CC(C)CNC(=O)CN1C(=O)NC(CCc2ccccc2)C1=O. The summed E-state index contributed by atoms with van der Waals surface area (Å²) in [5.74, 6) is -0.322. The molecule has 1 saturated heterocycles. The molecule has 1 atom stereocenters. The number of hydrogen-bond acceptors (Lipinski definition) is 3. The van der Waals surface area contributed by atoms with Crippen LogP contribution in [-0.2, 0) is 16.0 Å². The lowest BCUT2D eigenvalue weighted by Crippen LogP contribution is -2.42. The first kappa shape index (κ1) is 17.0. The molecule has 0 aromatic heterocycles. The number of hydrogen-bond donors (Lipinski definition) is 2. The third-order valence-corrected chi connectivity index (χ3v) is 3.68. The van der Waals surface area contributed by atoms with Crippen LogP contribution in [0.3, 0.4) is 0 Å². The minimum atomic E-state index is -0.555. The number of urea groups is 1. The lowest BCUT2D eigenvalue weighted by molar-refractivity contribution is -0.132. The van der Waals surface area contributed by atoms with E-state index in [1.54, 1.807) is 0 Å². The molecule has 2 N–H and O–H groups in total. The first-order valence-electron chi connectivity index (χ1n) is 7.90. The van der Waals surface area contributed by atoms with Crippen molar-refractivity contribution in [2.45, 2.75) is 32.7 Å². The van der Waals surface area contributed by atoms with Gasteiger partial charge >= 0.3 is 6.03 Å². The molecule has 1 aromatic carbocycles. The molecule has 1 fully saturated rings. The number of rotatable bonds is 7. The van der Waals surface area contributed by atoms with Crippen LogP contribution < -0.4 is 10.6 Å². The fourth-order valence-corrected chi connectivity index (χ4v) is 2.40. The van der Waals surface area contributed by atoms with Gasteiger partial charge in [-0.25, -0.2) is 4.79 Å². The van der Waals surface area contributed by atoms with Crippen molar-refractivity contribution in [2.24, 2.45) is 5.92 Å². The highest BCUT2D eigenvalue weighted by Gasteiger charge is 2.38. The number of benzene rings is 1. The van der Waals surface area contributed by atoms with Crippen molar-refractivity contribution in [1.82, 2.24) is 15.5 Å². The number of carbonyl (C=O) groups excluding carboxylic acids is 3. The van der Waals surface area contributed by atoms with E-state index in [-0.39, 0.29) is 18.4 Å². The number of carbonyl (C=O) groups is 3. The highest BCUT2D eigenvalue weighted by atomic mass is 16.2. The van der Waals surface area contributed by atoms with E-state index >= 15 is 0 Å². The minimum absolute atomic E-state index is 0.223. The van der Waals surface area contributed by atoms with Crippen molar-refractivity contribution in [3.63, 3.8) is 0 Å². The van der Waals surface area contributed by atoms with Gasteiger partial charge in [0.1, 0.15) is 12.6 Å². The zero-order valence-electron chi connectivity index (χ0n) is 13.5. The topological polar surface area (TPSA) is 78.5 Å². The Hall–Kier alpha value is -2.37.